The van der Waals surface area contributed by atoms with Crippen LogP contribution >= 0.6 is 0 Å². The predicted octanol–water partition coefficient (Wildman–Crippen LogP) is 2.03. The molecule has 7 N–H and O–H groups in total. The number of anilines is 1. The van der Waals surface area contributed by atoms with Gasteiger partial charge in [0.15, 0.2) is 5.96 Å². The van der Waals surface area contributed by atoms with Gasteiger partial charge in [-0.15, -0.1) is 0 Å². The first-order valence-electron chi connectivity index (χ1n) is 11.9. The van der Waals surface area contributed by atoms with E-state index in [2.05, 4.69) is 10.0 Å². The third-order valence-electron chi connectivity index (χ3n) is 6.49. The van der Waals surface area contributed by atoms with Gasteiger partial charge in [0.2, 0.25) is 15.9 Å². The van der Waals surface area contributed by atoms with Crippen molar-refractivity contribution in [3.8, 4) is 0 Å². The summed E-state index contributed by atoms with van der Waals surface area (Å²) in [6.07, 6.45) is 1.95. The molecule has 190 valence electrons. The van der Waals surface area contributed by atoms with Crippen molar-refractivity contribution in [1.29, 1.82) is 5.41 Å². The minimum atomic E-state index is -3.98. The Hall–Kier alpha value is -3.63. The molecule has 1 amide bonds. The van der Waals surface area contributed by atoms with Crippen molar-refractivity contribution in [2.24, 2.45) is 11.7 Å². The summed E-state index contributed by atoms with van der Waals surface area (Å²) in [5.41, 5.74) is 12.8. The summed E-state index contributed by atoms with van der Waals surface area (Å²) in [5, 5.41) is 12.3. The summed E-state index contributed by atoms with van der Waals surface area (Å²) >= 11 is 0. The van der Waals surface area contributed by atoms with E-state index in [1.54, 1.807) is 47.4 Å². The van der Waals surface area contributed by atoms with Crippen molar-refractivity contribution in [3.05, 3.63) is 72.3 Å². The molecule has 10 heteroatoms. The molecule has 0 aromatic heterocycles. The number of hydrogen-bond acceptors (Lipinski definition) is 5. The van der Waals surface area contributed by atoms with Gasteiger partial charge < -0.3 is 21.7 Å². The molecule has 1 fully saturated rings. The summed E-state index contributed by atoms with van der Waals surface area (Å²) in [4.78, 5) is 15.1. The highest BCUT2D eigenvalue weighted by atomic mass is 32.2. The standard InChI is InChI=1S/C26H32N6O3S/c27-22-10-7-18(8-11-22)14-24(25(33)30-16-19-4-3-13-32(17-19)26(28)29)31-36(34,35)23-12-9-20-5-1-2-6-21(20)15-23/h1-2,5-12,15,19,24,31H,3-4,13-14,16-17,27H2,(H3,28,29)(H,30,33)/t19?,24-/m1/s1. The minimum Gasteiger partial charge on any atom is -0.399 e. The number of amides is 1. The maximum absolute atomic E-state index is 13.3. The van der Waals surface area contributed by atoms with Crippen molar-refractivity contribution >= 4 is 38.3 Å². The molecule has 2 atom stereocenters. The molecule has 1 aliphatic heterocycles. The summed E-state index contributed by atoms with van der Waals surface area (Å²) < 4.78 is 29.2. The highest BCUT2D eigenvalue weighted by Gasteiger charge is 2.28. The fourth-order valence-corrected chi connectivity index (χ4v) is 5.72. The molecule has 1 unspecified atom stereocenters. The van der Waals surface area contributed by atoms with Crippen LogP contribution in [0.3, 0.4) is 0 Å². The molecule has 3 aromatic rings. The van der Waals surface area contributed by atoms with Gasteiger partial charge in [-0.1, -0.05) is 42.5 Å². The first-order chi connectivity index (χ1) is 17.2. The Balaban J connectivity index is 1.51. The molecule has 1 heterocycles. The van der Waals surface area contributed by atoms with E-state index >= 15 is 0 Å². The number of carbonyl (C=O) groups is 1. The summed E-state index contributed by atoms with van der Waals surface area (Å²) in [5.74, 6) is -0.257. The smallest absolute Gasteiger partial charge is 0.241 e. The Kier molecular flexibility index (Phi) is 7.76. The number of nitrogens with two attached hydrogens (primary N) is 2. The van der Waals surface area contributed by atoms with Crippen molar-refractivity contribution < 1.29 is 13.2 Å². The van der Waals surface area contributed by atoms with Gasteiger partial charge in [-0.3, -0.25) is 10.2 Å². The van der Waals surface area contributed by atoms with Crippen LogP contribution in [0.25, 0.3) is 10.8 Å². The molecule has 0 radical (unpaired) electrons. The number of hydrogen-bond donors (Lipinski definition) is 5. The van der Waals surface area contributed by atoms with Crippen LogP contribution < -0.4 is 21.5 Å². The van der Waals surface area contributed by atoms with Gasteiger partial charge in [0, 0.05) is 25.3 Å². The Bertz CT molecular complexity index is 1340. The largest absolute Gasteiger partial charge is 0.399 e. The molecule has 36 heavy (non-hydrogen) atoms. The number of piperidine rings is 1. The normalized spacial score (nSPS) is 17.0. The van der Waals surface area contributed by atoms with Gasteiger partial charge in [-0.2, -0.15) is 4.72 Å². The quantitative estimate of drug-likeness (QED) is 0.178. The van der Waals surface area contributed by atoms with Gasteiger partial charge >= 0.3 is 0 Å². The third kappa shape index (κ3) is 6.32. The van der Waals surface area contributed by atoms with Crippen LogP contribution in [0.4, 0.5) is 5.69 Å². The van der Waals surface area contributed by atoms with Crippen LogP contribution in [0.2, 0.25) is 0 Å². The number of rotatable bonds is 8. The van der Waals surface area contributed by atoms with E-state index in [-0.39, 0.29) is 23.2 Å². The minimum absolute atomic E-state index is 0.0235. The molecule has 9 nitrogen and oxygen atoms in total. The van der Waals surface area contributed by atoms with Crippen molar-refractivity contribution in [2.45, 2.75) is 30.2 Å². The predicted molar refractivity (Wildman–Crippen MR) is 142 cm³/mol. The van der Waals surface area contributed by atoms with Gasteiger partial charge in [-0.05, 0) is 65.8 Å². The zero-order chi connectivity index (χ0) is 25.7. The van der Waals surface area contributed by atoms with Crippen LogP contribution in [-0.4, -0.2) is 50.9 Å². The van der Waals surface area contributed by atoms with Crippen LogP contribution in [0.15, 0.2) is 71.6 Å². The van der Waals surface area contributed by atoms with Crippen LogP contribution in [0, 0.1) is 11.3 Å². The number of benzene rings is 3. The average molecular weight is 509 g/mol. The molecule has 4 rings (SSSR count). The Morgan fingerprint density at radius 2 is 1.81 bits per heavy atom. The van der Waals surface area contributed by atoms with E-state index in [1.807, 2.05) is 24.3 Å². The molecule has 0 spiro atoms. The number of nitrogens with zero attached hydrogens (tertiary/aromatic N) is 1. The molecule has 0 aliphatic carbocycles. The SMILES string of the molecule is N=C(N)N1CCCC(CNC(=O)[C@@H](Cc2ccc(N)cc2)NS(=O)(=O)c2ccc3ccccc3c2)C1. The lowest BCUT2D eigenvalue weighted by Gasteiger charge is -2.33. The van der Waals surface area contributed by atoms with E-state index in [9.17, 15) is 13.2 Å². The lowest BCUT2D eigenvalue weighted by atomic mass is 9.98. The molecule has 0 bridgehead atoms. The Morgan fingerprint density at radius 3 is 2.53 bits per heavy atom. The first kappa shape index (κ1) is 25.5. The number of carbonyl (C=O) groups excluding carboxylic acids is 1. The topological polar surface area (TPSA) is 154 Å². The molecule has 1 saturated heterocycles. The zero-order valence-corrected chi connectivity index (χ0v) is 20.8. The van der Waals surface area contributed by atoms with Gasteiger partial charge in [0.1, 0.15) is 6.04 Å². The monoisotopic (exact) mass is 508 g/mol. The fourth-order valence-electron chi connectivity index (χ4n) is 4.49. The molecule has 0 saturated carbocycles. The van der Waals surface area contributed by atoms with Crippen molar-refractivity contribution in [1.82, 2.24) is 14.9 Å². The average Bonchev–Trinajstić information content (AvgIpc) is 2.88. The molecular formula is C26H32N6O3S. The van der Waals surface area contributed by atoms with E-state index < -0.39 is 22.0 Å². The first-order valence-corrected chi connectivity index (χ1v) is 13.4. The Labute approximate surface area is 211 Å². The van der Waals surface area contributed by atoms with E-state index in [4.69, 9.17) is 16.9 Å². The third-order valence-corrected chi connectivity index (χ3v) is 7.96. The second kappa shape index (κ2) is 11.0. The summed E-state index contributed by atoms with van der Waals surface area (Å²) in [6, 6.07) is 18.4. The zero-order valence-electron chi connectivity index (χ0n) is 20.0. The highest BCUT2D eigenvalue weighted by Crippen LogP contribution is 2.20. The van der Waals surface area contributed by atoms with E-state index in [1.165, 1.54) is 0 Å². The number of fused-ring (bicyclic) bond motifs is 1. The Morgan fingerprint density at radius 1 is 1.08 bits per heavy atom. The number of guanidine groups is 1. The van der Waals surface area contributed by atoms with Gasteiger partial charge in [-0.25, -0.2) is 8.42 Å². The van der Waals surface area contributed by atoms with Crippen molar-refractivity contribution in [3.63, 3.8) is 0 Å². The van der Waals surface area contributed by atoms with Crippen LogP contribution in [-0.2, 0) is 21.2 Å². The van der Waals surface area contributed by atoms with E-state index in [0.29, 0.717) is 18.8 Å². The number of sulfonamides is 1. The van der Waals surface area contributed by atoms with Gasteiger partial charge in [0.25, 0.3) is 0 Å². The number of likely N-dealkylation sites (tertiary alicyclic amines) is 1. The summed E-state index contributed by atoms with van der Waals surface area (Å²) in [6.45, 7) is 1.69. The number of nitrogens with one attached hydrogen (secondary N) is 3. The molecule has 1 aliphatic rings. The van der Waals surface area contributed by atoms with Crippen LogP contribution in [0.5, 0.6) is 0 Å². The molecular weight excluding hydrogens is 476 g/mol. The lowest BCUT2D eigenvalue weighted by molar-refractivity contribution is -0.122. The second-order valence-electron chi connectivity index (χ2n) is 9.21. The van der Waals surface area contributed by atoms with Crippen molar-refractivity contribution in [2.75, 3.05) is 25.4 Å². The van der Waals surface area contributed by atoms with E-state index in [0.717, 1.165) is 35.7 Å². The lowest BCUT2D eigenvalue weighted by Crippen LogP contribution is -2.51. The van der Waals surface area contributed by atoms with Crippen LogP contribution in [0.1, 0.15) is 18.4 Å². The highest BCUT2D eigenvalue weighted by molar-refractivity contribution is 7.89. The van der Waals surface area contributed by atoms with Gasteiger partial charge in [0.05, 0.1) is 4.90 Å². The maximum Gasteiger partial charge on any atom is 0.241 e. The molecule has 3 aromatic carbocycles. The number of nitrogen functional groups attached to an aromatic ring is 1. The maximum atomic E-state index is 13.3. The second-order valence-corrected chi connectivity index (χ2v) is 10.9. The summed E-state index contributed by atoms with van der Waals surface area (Å²) in [7, 11) is -3.98. The fraction of sp³-hybridized carbons (Fsp3) is 0.308.